The van der Waals surface area contributed by atoms with Crippen LogP contribution in [0.1, 0.15) is 22.8 Å². The Hall–Kier alpha value is -2.37. The number of ether oxygens (including phenoxy) is 1. The first-order chi connectivity index (χ1) is 7.88. The first kappa shape index (κ1) is 14.6. The van der Waals surface area contributed by atoms with E-state index >= 15 is 0 Å². The van der Waals surface area contributed by atoms with Gasteiger partial charge in [0.1, 0.15) is 5.84 Å². The molecule has 0 heterocycles. The van der Waals surface area contributed by atoms with Gasteiger partial charge in [-0.25, -0.2) is 4.79 Å². The second-order valence-electron chi connectivity index (χ2n) is 3.00. The van der Waals surface area contributed by atoms with Crippen LogP contribution in [0.15, 0.2) is 24.3 Å². The van der Waals surface area contributed by atoms with Crippen molar-refractivity contribution in [2.24, 2.45) is 5.73 Å². The van der Waals surface area contributed by atoms with Crippen LogP contribution >= 0.6 is 0 Å². The molecule has 0 bridgehead atoms. The van der Waals surface area contributed by atoms with Crippen molar-refractivity contribution in [1.82, 2.24) is 0 Å². The van der Waals surface area contributed by atoms with Gasteiger partial charge >= 0.3 is 5.97 Å². The molecule has 4 N–H and O–H groups in total. The van der Waals surface area contributed by atoms with Crippen molar-refractivity contribution >= 4 is 17.8 Å². The predicted molar refractivity (Wildman–Crippen MR) is 62.1 cm³/mol. The monoisotopic (exact) mass is 238 g/mol. The third-order valence-electron chi connectivity index (χ3n) is 1.62. The molecule has 0 aliphatic carbocycles. The van der Waals surface area contributed by atoms with Gasteiger partial charge in [-0.3, -0.25) is 10.2 Å². The number of nitrogens with two attached hydrogens (primary N) is 1. The van der Waals surface area contributed by atoms with E-state index in [0.717, 1.165) is 6.92 Å². The third-order valence-corrected chi connectivity index (χ3v) is 1.62. The average molecular weight is 238 g/mol. The summed E-state index contributed by atoms with van der Waals surface area (Å²) in [5, 5.41) is 14.5. The lowest BCUT2D eigenvalue weighted by Gasteiger charge is -2.00. The number of benzene rings is 1. The summed E-state index contributed by atoms with van der Waals surface area (Å²) in [6.45, 7) is 1.08. The summed E-state index contributed by atoms with van der Waals surface area (Å²) >= 11 is 0. The molecule has 1 rings (SSSR count). The Morgan fingerprint density at radius 3 is 1.88 bits per heavy atom. The molecular formula is C11H14N2O4. The second kappa shape index (κ2) is 7.00. The first-order valence-corrected chi connectivity index (χ1v) is 4.60. The van der Waals surface area contributed by atoms with Crippen LogP contribution in [0.4, 0.5) is 0 Å². The molecule has 0 saturated carbocycles. The highest BCUT2D eigenvalue weighted by Crippen LogP contribution is 2.04. The van der Waals surface area contributed by atoms with Crippen LogP contribution in [0, 0.1) is 5.41 Å². The maximum Gasteiger partial charge on any atom is 0.337 e. The van der Waals surface area contributed by atoms with Crippen molar-refractivity contribution in [1.29, 1.82) is 5.41 Å². The van der Waals surface area contributed by atoms with Crippen molar-refractivity contribution in [2.45, 2.75) is 6.92 Å². The number of carboxylic acids is 1. The van der Waals surface area contributed by atoms with Crippen molar-refractivity contribution in [3.63, 3.8) is 0 Å². The Morgan fingerprint density at radius 2 is 1.59 bits per heavy atom. The Bertz CT molecular complexity index is 408. The largest absolute Gasteiger partial charge is 0.481 e. The third kappa shape index (κ3) is 5.93. The zero-order valence-electron chi connectivity index (χ0n) is 9.56. The smallest absolute Gasteiger partial charge is 0.337 e. The van der Waals surface area contributed by atoms with E-state index in [1.807, 2.05) is 0 Å². The van der Waals surface area contributed by atoms with Gasteiger partial charge in [-0.15, -0.1) is 0 Å². The maximum atomic E-state index is 11.0. The number of nitrogens with one attached hydrogen (secondary N) is 1. The van der Waals surface area contributed by atoms with E-state index < -0.39 is 11.9 Å². The van der Waals surface area contributed by atoms with Gasteiger partial charge in [-0.05, 0) is 12.1 Å². The molecular weight excluding hydrogens is 224 g/mol. The molecule has 0 spiro atoms. The van der Waals surface area contributed by atoms with E-state index in [2.05, 4.69) is 4.74 Å². The lowest BCUT2D eigenvalue weighted by molar-refractivity contribution is -0.134. The molecule has 6 heteroatoms. The van der Waals surface area contributed by atoms with Gasteiger partial charge in [0.05, 0.1) is 12.7 Å². The van der Waals surface area contributed by atoms with E-state index in [0.29, 0.717) is 11.1 Å². The number of hydrogen-bond acceptors (Lipinski definition) is 4. The fourth-order valence-electron chi connectivity index (χ4n) is 0.904. The van der Waals surface area contributed by atoms with Crippen molar-refractivity contribution in [3.8, 4) is 0 Å². The quantitative estimate of drug-likeness (QED) is 0.401. The highest BCUT2D eigenvalue weighted by Gasteiger charge is 2.04. The Kier molecular flexibility index (Phi) is 6.02. The van der Waals surface area contributed by atoms with Crippen molar-refractivity contribution in [3.05, 3.63) is 35.4 Å². The summed E-state index contributed by atoms with van der Waals surface area (Å²) in [5.41, 5.74) is 6.28. The number of methoxy groups -OCH3 is 1. The van der Waals surface area contributed by atoms with E-state index in [9.17, 15) is 4.79 Å². The van der Waals surface area contributed by atoms with Gasteiger partial charge in [-0.2, -0.15) is 0 Å². The van der Waals surface area contributed by atoms with E-state index in [1.54, 1.807) is 24.3 Å². The van der Waals surface area contributed by atoms with Crippen LogP contribution in [0.3, 0.4) is 0 Å². The number of rotatable bonds is 2. The van der Waals surface area contributed by atoms with Crippen LogP contribution < -0.4 is 5.73 Å². The minimum atomic E-state index is -0.833. The van der Waals surface area contributed by atoms with Gasteiger partial charge in [0.15, 0.2) is 0 Å². The van der Waals surface area contributed by atoms with E-state index in [1.165, 1.54) is 7.11 Å². The Labute approximate surface area is 98.5 Å². The maximum absolute atomic E-state index is 11.0. The average Bonchev–Trinajstić information content (AvgIpc) is 2.27. The molecule has 0 unspecified atom stereocenters. The summed E-state index contributed by atoms with van der Waals surface area (Å²) in [6.07, 6.45) is 0. The molecule has 6 nitrogen and oxygen atoms in total. The molecule has 1 aromatic rings. The van der Waals surface area contributed by atoms with Crippen molar-refractivity contribution < 1.29 is 19.4 Å². The van der Waals surface area contributed by atoms with Gasteiger partial charge < -0.3 is 15.6 Å². The highest BCUT2D eigenvalue weighted by atomic mass is 16.5. The number of aliphatic carboxylic acids is 1. The molecule has 1 aromatic carbocycles. The Balaban J connectivity index is 0.000000557. The zero-order valence-corrected chi connectivity index (χ0v) is 9.56. The number of amidine groups is 1. The van der Waals surface area contributed by atoms with E-state index in [4.69, 9.17) is 21.0 Å². The van der Waals surface area contributed by atoms with Gasteiger partial charge in [0.25, 0.3) is 5.97 Å². The van der Waals surface area contributed by atoms with Crippen LogP contribution in [0.5, 0.6) is 0 Å². The summed E-state index contributed by atoms with van der Waals surface area (Å²) in [4.78, 5) is 20.0. The summed E-state index contributed by atoms with van der Waals surface area (Å²) in [5.74, 6) is -1.24. The van der Waals surface area contributed by atoms with Gasteiger partial charge in [-0.1, -0.05) is 12.1 Å². The minimum absolute atomic E-state index is 0.0172. The molecule has 0 fully saturated rings. The number of carboxylic acid groups (broad SMARTS) is 1. The predicted octanol–water partition coefficient (Wildman–Crippen LogP) is 0.848. The lowest BCUT2D eigenvalue weighted by Crippen LogP contribution is -2.11. The van der Waals surface area contributed by atoms with Crippen LogP contribution in [0.2, 0.25) is 0 Å². The topological polar surface area (TPSA) is 113 Å². The number of carbonyl (C=O) groups excluding carboxylic acids is 1. The second-order valence-corrected chi connectivity index (χ2v) is 3.00. The van der Waals surface area contributed by atoms with Crippen LogP contribution in [-0.2, 0) is 9.53 Å². The number of hydrogen-bond donors (Lipinski definition) is 3. The molecule has 17 heavy (non-hydrogen) atoms. The molecule has 0 aromatic heterocycles. The molecule has 0 atom stereocenters. The lowest BCUT2D eigenvalue weighted by atomic mass is 10.1. The Morgan fingerprint density at radius 1 is 1.24 bits per heavy atom. The zero-order chi connectivity index (χ0) is 13.4. The number of carbonyl (C=O) groups is 2. The SMILES string of the molecule is CC(=O)O.COC(=O)c1ccc(C(=N)N)cc1. The normalized spacial score (nSPS) is 8.59. The number of nitrogen functional groups attached to an aromatic ring is 1. The number of esters is 1. The van der Waals surface area contributed by atoms with E-state index in [-0.39, 0.29) is 5.84 Å². The van der Waals surface area contributed by atoms with Gasteiger partial charge in [0.2, 0.25) is 0 Å². The molecule has 0 radical (unpaired) electrons. The summed E-state index contributed by atoms with van der Waals surface area (Å²) < 4.78 is 4.51. The van der Waals surface area contributed by atoms with Crippen molar-refractivity contribution in [2.75, 3.05) is 7.11 Å². The molecule has 0 amide bonds. The van der Waals surface area contributed by atoms with Crippen LogP contribution in [0.25, 0.3) is 0 Å². The summed E-state index contributed by atoms with van der Waals surface area (Å²) in [7, 11) is 1.32. The summed E-state index contributed by atoms with van der Waals surface area (Å²) in [6, 6.07) is 6.36. The molecule has 0 aliphatic heterocycles. The van der Waals surface area contributed by atoms with Gasteiger partial charge in [0, 0.05) is 12.5 Å². The molecule has 0 aliphatic rings. The fraction of sp³-hybridized carbons (Fsp3) is 0.182. The molecule has 0 saturated heterocycles. The fourth-order valence-corrected chi connectivity index (χ4v) is 0.904. The van der Waals surface area contributed by atoms with Crippen LogP contribution in [-0.4, -0.2) is 30.0 Å². The highest BCUT2D eigenvalue weighted by molar-refractivity contribution is 5.96. The standard InChI is InChI=1S/C9H10N2O2.C2H4O2/c1-13-9(12)7-4-2-6(3-5-7)8(10)11;1-2(3)4/h2-5H,1H3,(H3,10,11);1H3,(H,3,4). The molecule has 92 valence electrons. The first-order valence-electron chi connectivity index (χ1n) is 4.60. The minimum Gasteiger partial charge on any atom is -0.481 e.